The van der Waals surface area contributed by atoms with Crippen molar-refractivity contribution in [1.29, 1.82) is 0 Å². The molecule has 4 heteroatoms. The number of rotatable bonds is 5. The predicted octanol–water partition coefficient (Wildman–Crippen LogP) is 3.29. The van der Waals surface area contributed by atoms with Crippen molar-refractivity contribution in [2.45, 2.75) is 26.8 Å². The van der Waals surface area contributed by atoms with Crippen LogP contribution in [0.15, 0.2) is 29.0 Å². The van der Waals surface area contributed by atoms with Crippen LogP contribution < -0.4 is 5.32 Å². The molecule has 0 saturated carbocycles. The fraction of sp³-hybridized carbons (Fsp3) is 0.357. The maximum Gasteiger partial charge on any atom is 0.181 e. The maximum atomic E-state index is 13.2. The lowest BCUT2D eigenvalue weighted by molar-refractivity contribution is 0.568. The summed E-state index contributed by atoms with van der Waals surface area (Å²) in [5.74, 6) is 0.505. The summed E-state index contributed by atoms with van der Waals surface area (Å²) in [4.78, 5) is 4.19. The summed E-state index contributed by atoms with van der Waals surface area (Å²) in [5.41, 5.74) is 2.32. The van der Waals surface area contributed by atoms with Crippen LogP contribution in [-0.2, 0) is 6.54 Å². The average Bonchev–Trinajstić information content (AvgIpc) is 2.81. The third kappa shape index (κ3) is 2.76. The number of halogens is 1. The van der Waals surface area contributed by atoms with Crippen LogP contribution in [0.2, 0.25) is 0 Å². The third-order valence-electron chi connectivity index (χ3n) is 2.78. The van der Waals surface area contributed by atoms with Crippen LogP contribution >= 0.6 is 0 Å². The van der Waals surface area contributed by atoms with Gasteiger partial charge in [0.25, 0.3) is 0 Å². The summed E-state index contributed by atoms with van der Waals surface area (Å²) >= 11 is 0. The fourth-order valence-electron chi connectivity index (χ4n) is 1.80. The molecule has 0 fully saturated rings. The van der Waals surface area contributed by atoms with Crippen LogP contribution in [0.4, 0.5) is 4.39 Å². The molecule has 0 amide bonds. The minimum atomic E-state index is -0.205. The molecule has 3 nitrogen and oxygen atoms in total. The normalized spacial score (nSPS) is 10.8. The smallest absolute Gasteiger partial charge is 0.181 e. The second-order valence-corrected chi connectivity index (χ2v) is 4.27. The van der Waals surface area contributed by atoms with Crippen molar-refractivity contribution >= 4 is 0 Å². The molecule has 1 heterocycles. The molecule has 18 heavy (non-hydrogen) atoms. The van der Waals surface area contributed by atoms with E-state index >= 15 is 0 Å². The minimum absolute atomic E-state index is 0.205. The molecule has 96 valence electrons. The average molecular weight is 248 g/mol. The number of hydrogen-bond acceptors (Lipinski definition) is 3. The Hall–Kier alpha value is -1.68. The second kappa shape index (κ2) is 5.78. The first-order valence-corrected chi connectivity index (χ1v) is 6.12. The zero-order chi connectivity index (χ0) is 13.0. The summed E-state index contributed by atoms with van der Waals surface area (Å²) in [6.07, 6.45) is 2.50. The molecule has 1 aromatic carbocycles. The molecule has 0 aliphatic rings. The van der Waals surface area contributed by atoms with Crippen LogP contribution in [0.1, 0.15) is 24.6 Å². The number of benzene rings is 1. The fourth-order valence-corrected chi connectivity index (χ4v) is 1.80. The van der Waals surface area contributed by atoms with Gasteiger partial charge in [-0.15, -0.1) is 0 Å². The standard InChI is InChI=1S/C14H17FN2O/c1-3-6-16-8-13-14(18-9-17-13)11-4-5-12(15)10(2)7-11/h4-5,7,9,16H,3,6,8H2,1-2H3. The molecule has 1 aromatic heterocycles. The van der Waals surface area contributed by atoms with E-state index < -0.39 is 0 Å². The second-order valence-electron chi connectivity index (χ2n) is 4.27. The highest BCUT2D eigenvalue weighted by atomic mass is 19.1. The van der Waals surface area contributed by atoms with E-state index in [4.69, 9.17) is 4.42 Å². The van der Waals surface area contributed by atoms with Crippen molar-refractivity contribution in [3.8, 4) is 11.3 Å². The van der Waals surface area contributed by atoms with E-state index in [2.05, 4.69) is 17.2 Å². The monoisotopic (exact) mass is 248 g/mol. The number of hydrogen-bond donors (Lipinski definition) is 1. The van der Waals surface area contributed by atoms with Gasteiger partial charge in [0, 0.05) is 12.1 Å². The lowest BCUT2D eigenvalue weighted by Gasteiger charge is -2.04. The van der Waals surface area contributed by atoms with Crippen molar-refractivity contribution < 1.29 is 8.81 Å². The van der Waals surface area contributed by atoms with Crippen molar-refractivity contribution in [2.75, 3.05) is 6.54 Å². The Labute approximate surface area is 106 Å². The lowest BCUT2D eigenvalue weighted by atomic mass is 10.1. The van der Waals surface area contributed by atoms with Crippen LogP contribution in [0.25, 0.3) is 11.3 Å². The molecule has 0 radical (unpaired) electrons. The molecular formula is C14H17FN2O. The Morgan fingerprint density at radius 2 is 2.22 bits per heavy atom. The first-order chi connectivity index (χ1) is 8.72. The molecular weight excluding hydrogens is 231 g/mol. The molecule has 0 bridgehead atoms. The van der Waals surface area contributed by atoms with Gasteiger partial charge >= 0.3 is 0 Å². The van der Waals surface area contributed by atoms with Gasteiger partial charge in [-0.25, -0.2) is 9.37 Å². The summed E-state index contributed by atoms with van der Waals surface area (Å²) in [5, 5.41) is 3.28. The molecule has 0 atom stereocenters. The number of nitrogens with zero attached hydrogens (tertiary/aromatic N) is 1. The van der Waals surface area contributed by atoms with Crippen molar-refractivity contribution in [3.63, 3.8) is 0 Å². The van der Waals surface area contributed by atoms with E-state index in [1.165, 1.54) is 12.5 Å². The number of oxazole rings is 1. The molecule has 0 aliphatic carbocycles. The molecule has 0 saturated heterocycles. The molecule has 0 aliphatic heterocycles. The highest BCUT2D eigenvalue weighted by molar-refractivity contribution is 5.60. The van der Waals surface area contributed by atoms with E-state index in [1.807, 2.05) is 0 Å². The van der Waals surface area contributed by atoms with Crippen LogP contribution in [0.5, 0.6) is 0 Å². The molecule has 0 spiro atoms. The summed E-state index contributed by atoms with van der Waals surface area (Å²) < 4.78 is 18.6. The summed E-state index contributed by atoms with van der Waals surface area (Å²) in [6.45, 7) is 5.45. The van der Waals surface area contributed by atoms with Crippen molar-refractivity contribution in [3.05, 3.63) is 41.7 Å². The van der Waals surface area contributed by atoms with Gasteiger partial charge in [-0.2, -0.15) is 0 Å². The molecule has 2 aromatic rings. The van der Waals surface area contributed by atoms with Gasteiger partial charge in [-0.3, -0.25) is 0 Å². The predicted molar refractivity (Wildman–Crippen MR) is 68.6 cm³/mol. The van der Waals surface area contributed by atoms with Gasteiger partial charge < -0.3 is 9.73 Å². The van der Waals surface area contributed by atoms with E-state index in [1.54, 1.807) is 19.1 Å². The van der Waals surface area contributed by atoms with Crippen molar-refractivity contribution in [1.82, 2.24) is 10.3 Å². The van der Waals surface area contributed by atoms with Gasteiger partial charge in [0.05, 0.1) is 0 Å². The van der Waals surface area contributed by atoms with Crippen molar-refractivity contribution in [2.24, 2.45) is 0 Å². The van der Waals surface area contributed by atoms with Gasteiger partial charge in [-0.05, 0) is 43.7 Å². The number of aryl methyl sites for hydroxylation is 1. The van der Waals surface area contributed by atoms with Gasteiger partial charge in [0.1, 0.15) is 11.5 Å². The third-order valence-corrected chi connectivity index (χ3v) is 2.78. The Kier molecular flexibility index (Phi) is 4.10. The number of nitrogens with one attached hydrogen (secondary N) is 1. The topological polar surface area (TPSA) is 38.1 Å². The first kappa shape index (κ1) is 12.8. The van der Waals surface area contributed by atoms with Gasteiger partial charge in [0.15, 0.2) is 12.2 Å². The molecule has 1 N–H and O–H groups in total. The highest BCUT2D eigenvalue weighted by Gasteiger charge is 2.11. The molecule has 0 unspecified atom stereocenters. The van der Waals surface area contributed by atoms with Crippen LogP contribution in [0, 0.1) is 12.7 Å². The SMILES string of the molecule is CCCNCc1ncoc1-c1ccc(F)c(C)c1. The highest BCUT2D eigenvalue weighted by Crippen LogP contribution is 2.24. The minimum Gasteiger partial charge on any atom is -0.443 e. The zero-order valence-electron chi connectivity index (χ0n) is 10.7. The zero-order valence-corrected chi connectivity index (χ0v) is 10.7. The summed E-state index contributed by atoms with van der Waals surface area (Å²) in [6, 6.07) is 4.95. The van der Waals surface area contributed by atoms with E-state index in [0.717, 1.165) is 24.2 Å². The van der Waals surface area contributed by atoms with Gasteiger partial charge in [-0.1, -0.05) is 6.92 Å². The van der Waals surface area contributed by atoms with Gasteiger partial charge in [0.2, 0.25) is 0 Å². The Morgan fingerprint density at radius 1 is 1.39 bits per heavy atom. The van der Waals surface area contributed by atoms with E-state index in [-0.39, 0.29) is 5.82 Å². The van der Waals surface area contributed by atoms with E-state index in [0.29, 0.717) is 17.9 Å². The lowest BCUT2D eigenvalue weighted by Crippen LogP contribution is -2.14. The van der Waals surface area contributed by atoms with Crippen LogP contribution in [0.3, 0.4) is 0 Å². The number of aromatic nitrogens is 1. The quantitative estimate of drug-likeness (QED) is 0.825. The Bertz CT molecular complexity index is 522. The van der Waals surface area contributed by atoms with Crippen LogP contribution in [-0.4, -0.2) is 11.5 Å². The Morgan fingerprint density at radius 3 is 2.94 bits per heavy atom. The Balaban J connectivity index is 2.22. The largest absolute Gasteiger partial charge is 0.443 e. The maximum absolute atomic E-state index is 13.2. The first-order valence-electron chi connectivity index (χ1n) is 6.12. The van der Waals surface area contributed by atoms with E-state index in [9.17, 15) is 4.39 Å². The molecule has 2 rings (SSSR count). The summed E-state index contributed by atoms with van der Waals surface area (Å²) in [7, 11) is 0.